The molecule has 3 atom stereocenters. The normalized spacial score (nSPS) is 18.0. The summed E-state index contributed by atoms with van der Waals surface area (Å²) in [5, 5.41) is 9.76. The number of piperidine rings is 1. The first-order chi connectivity index (χ1) is 16.7. The Bertz CT molecular complexity index is 807. The zero-order chi connectivity index (χ0) is 25.8. The highest BCUT2D eigenvalue weighted by molar-refractivity contribution is 6.30. The van der Waals surface area contributed by atoms with Crippen molar-refractivity contribution in [2.45, 2.75) is 58.6 Å². The smallest absolute Gasteiger partial charge is 0.406 e. The van der Waals surface area contributed by atoms with Gasteiger partial charge in [0, 0.05) is 43.2 Å². The quantitative estimate of drug-likeness (QED) is 0.358. The molecule has 1 heterocycles. The summed E-state index contributed by atoms with van der Waals surface area (Å²) < 4.78 is 10.9. The predicted octanol–water partition coefficient (Wildman–Crippen LogP) is 4.59. The third kappa shape index (κ3) is 9.86. The van der Waals surface area contributed by atoms with E-state index in [9.17, 15) is 9.59 Å². The molecule has 2 unspecified atom stereocenters. The van der Waals surface area contributed by atoms with Gasteiger partial charge in [0.1, 0.15) is 0 Å². The van der Waals surface area contributed by atoms with Crippen LogP contribution >= 0.6 is 11.6 Å². The molecule has 1 saturated heterocycles. The number of carbonyl (C=O) groups is 2. The van der Waals surface area contributed by atoms with E-state index in [2.05, 4.69) is 41.5 Å². The van der Waals surface area contributed by atoms with Gasteiger partial charge in [-0.05, 0) is 49.4 Å². The maximum atomic E-state index is 13.2. The number of likely N-dealkylation sites (tertiary alicyclic amines) is 1. The number of rotatable bonds is 12. The molecule has 0 radical (unpaired) electrons. The molecule has 0 bridgehead atoms. The average Bonchev–Trinajstić information content (AvgIpc) is 2.83. The molecule has 1 aromatic rings. The average molecular weight is 511 g/mol. The van der Waals surface area contributed by atoms with Crippen LogP contribution in [0.15, 0.2) is 24.3 Å². The minimum atomic E-state index is -0.490. The molecule has 198 valence electrons. The molecule has 2 rings (SSSR count). The molecular formula is C26H43ClN4O4. The van der Waals surface area contributed by atoms with Crippen LogP contribution in [0.25, 0.3) is 0 Å². The molecule has 9 heteroatoms. The number of benzene rings is 1. The Morgan fingerprint density at radius 3 is 2.74 bits per heavy atom. The number of urea groups is 1. The van der Waals surface area contributed by atoms with E-state index < -0.39 is 6.09 Å². The number of carbonyl (C=O) groups excluding carboxylic acids is 2. The van der Waals surface area contributed by atoms with E-state index in [0.717, 1.165) is 44.3 Å². The van der Waals surface area contributed by atoms with Crippen molar-refractivity contribution in [3.63, 3.8) is 0 Å². The Morgan fingerprint density at radius 1 is 1.31 bits per heavy atom. The van der Waals surface area contributed by atoms with Gasteiger partial charge in [0.15, 0.2) is 0 Å². The second-order valence-corrected chi connectivity index (χ2v) is 10.5. The molecule has 1 fully saturated rings. The Morgan fingerprint density at radius 2 is 2.09 bits per heavy atom. The van der Waals surface area contributed by atoms with Gasteiger partial charge in [-0.25, -0.2) is 9.59 Å². The van der Waals surface area contributed by atoms with Gasteiger partial charge >= 0.3 is 12.1 Å². The van der Waals surface area contributed by atoms with Crippen LogP contribution in [0.2, 0.25) is 5.02 Å². The Labute approximate surface area is 215 Å². The largest absolute Gasteiger partial charge is 0.453 e. The number of halogens is 1. The second-order valence-electron chi connectivity index (χ2n) is 10.0. The van der Waals surface area contributed by atoms with E-state index in [0.29, 0.717) is 24.7 Å². The van der Waals surface area contributed by atoms with E-state index in [1.165, 1.54) is 7.11 Å². The summed E-state index contributed by atoms with van der Waals surface area (Å²) in [6, 6.07) is 7.69. The SMILES string of the molecule is CCC(C)(C)CC(CNC)NC(=O)N1CCCC([C@@H](OCCNC(=O)OC)c2cccc(Cl)c2)C1. The fourth-order valence-electron chi connectivity index (χ4n) is 4.54. The first kappa shape index (κ1) is 29.2. The number of amides is 3. The molecule has 8 nitrogen and oxygen atoms in total. The minimum Gasteiger partial charge on any atom is -0.453 e. The van der Waals surface area contributed by atoms with Crippen molar-refractivity contribution < 1.29 is 19.1 Å². The molecular weight excluding hydrogens is 468 g/mol. The highest BCUT2D eigenvalue weighted by atomic mass is 35.5. The zero-order valence-corrected chi connectivity index (χ0v) is 22.6. The van der Waals surface area contributed by atoms with Crippen molar-refractivity contribution in [3.8, 4) is 0 Å². The number of ether oxygens (including phenoxy) is 2. The van der Waals surface area contributed by atoms with Crippen LogP contribution in [0.4, 0.5) is 9.59 Å². The monoisotopic (exact) mass is 510 g/mol. The van der Waals surface area contributed by atoms with E-state index in [4.69, 9.17) is 16.3 Å². The van der Waals surface area contributed by atoms with Crippen molar-refractivity contribution in [2.24, 2.45) is 11.3 Å². The molecule has 1 aliphatic heterocycles. The standard InChI is InChI=1S/C26H43ClN4O4/c1-6-26(2,3)16-22(17-28-4)30-24(32)31-13-8-10-20(18-31)23(19-9-7-11-21(27)15-19)35-14-12-29-25(33)34-5/h7,9,11,15,20,22-23,28H,6,8,10,12-14,16-18H2,1-5H3,(H,29,33)(H,30,32)/t20?,22?,23-/m0/s1. The number of hydrogen-bond donors (Lipinski definition) is 3. The second kappa shape index (κ2) is 14.5. The lowest BCUT2D eigenvalue weighted by Gasteiger charge is -2.38. The Hall–Kier alpha value is -2.03. The fraction of sp³-hybridized carbons (Fsp3) is 0.692. The summed E-state index contributed by atoms with van der Waals surface area (Å²) in [6.07, 6.45) is 3.07. The summed E-state index contributed by atoms with van der Waals surface area (Å²) in [5.41, 5.74) is 1.13. The number of nitrogens with zero attached hydrogens (tertiary/aromatic N) is 1. The lowest BCUT2D eigenvalue weighted by molar-refractivity contribution is -0.00867. The first-order valence-corrected chi connectivity index (χ1v) is 13.0. The van der Waals surface area contributed by atoms with Gasteiger partial charge in [0.25, 0.3) is 0 Å². The molecule has 0 saturated carbocycles. The van der Waals surface area contributed by atoms with Crippen LogP contribution in [0.3, 0.4) is 0 Å². The minimum absolute atomic E-state index is 0.0287. The van der Waals surface area contributed by atoms with Crippen molar-refractivity contribution >= 4 is 23.7 Å². The molecule has 0 aromatic heterocycles. The summed E-state index contributed by atoms with van der Waals surface area (Å²) >= 11 is 6.27. The van der Waals surface area contributed by atoms with E-state index >= 15 is 0 Å². The molecule has 1 aromatic carbocycles. The summed E-state index contributed by atoms with van der Waals surface area (Å²) in [7, 11) is 3.24. The van der Waals surface area contributed by atoms with Crippen molar-refractivity contribution in [2.75, 3.05) is 46.9 Å². The third-order valence-corrected chi connectivity index (χ3v) is 6.97. The summed E-state index contributed by atoms with van der Waals surface area (Å²) in [5.74, 6) is 0.112. The fourth-order valence-corrected chi connectivity index (χ4v) is 4.74. The number of alkyl carbamates (subject to hydrolysis) is 1. The highest BCUT2D eigenvalue weighted by Crippen LogP contribution is 2.34. The lowest BCUT2D eigenvalue weighted by atomic mass is 9.83. The number of methoxy groups -OCH3 is 1. The van der Waals surface area contributed by atoms with Crippen LogP contribution in [0, 0.1) is 11.3 Å². The van der Waals surface area contributed by atoms with E-state index in [-0.39, 0.29) is 29.5 Å². The molecule has 1 aliphatic rings. The number of likely N-dealkylation sites (N-methyl/N-ethyl adjacent to an activating group) is 1. The first-order valence-electron chi connectivity index (χ1n) is 12.6. The lowest BCUT2D eigenvalue weighted by Crippen LogP contribution is -2.52. The summed E-state index contributed by atoms with van der Waals surface area (Å²) in [4.78, 5) is 26.5. The molecule has 3 N–H and O–H groups in total. The Kier molecular flexibility index (Phi) is 12.1. The zero-order valence-electron chi connectivity index (χ0n) is 21.9. The Balaban J connectivity index is 2.08. The van der Waals surface area contributed by atoms with Crippen LogP contribution in [0.5, 0.6) is 0 Å². The topological polar surface area (TPSA) is 91.9 Å². The van der Waals surface area contributed by atoms with E-state index in [1.54, 1.807) is 0 Å². The maximum absolute atomic E-state index is 13.2. The molecule has 0 spiro atoms. The van der Waals surface area contributed by atoms with Crippen molar-refractivity contribution in [1.82, 2.24) is 20.9 Å². The number of hydrogen-bond acceptors (Lipinski definition) is 5. The maximum Gasteiger partial charge on any atom is 0.406 e. The molecule has 0 aliphatic carbocycles. The van der Waals surface area contributed by atoms with Gasteiger partial charge in [-0.3, -0.25) is 0 Å². The van der Waals surface area contributed by atoms with Gasteiger partial charge in [-0.2, -0.15) is 0 Å². The predicted molar refractivity (Wildman–Crippen MR) is 140 cm³/mol. The molecule has 35 heavy (non-hydrogen) atoms. The van der Waals surface area contributed by atoms with Gasteiger partial charge in [0.2, 0.25) is 0 Å². The van der Waals surface area contributed by atoms with Crippen molar-refractivity contribution in [1.29, 1.82) is 0 Å². The summed E-state index contributed by atoms with van der Waals surface area (Å²) in [6.45, 7) is 9.36. The van der Waals surface area contributed by atoms with E-state index in [1.807, 2.05) is 36.2 Å². The van der Waals surface area contributed by atoms with Crippen LogP contribution in [-0.2, 0) is 9.47 Å². The van der Waals surface area contributed by atoms with Crippen LogP contribution < -0.4 is 16.0 Å². The van der Waals surface area contributed by atoms with Gasteiger partial charge in [0.05, 0.1) is 19.8 Å². The molecule has 3 amide bonds. The third-order valence-electron chi connectivity index (χ3n) is 6.74. The van der Waals surface area contributed by atoms with Crippen LogP contribution in [-0.4, -0.2) is 70.0 Å². The van der Waals surface area contributed by atoms with Crippen LogP contribution in [0.1, 0.15) is 58.1 Å². The van der Waals surface area contributed by atoms with Gasteiger partial charge in [-0.1, -0.05) is 50.9 Å². The highest BCUT2D eigenvalue weighted by Gasteiger charge is 2.32. The number of nitrogens with one attached hydrogen (secondary N) is 3. The van der Waals surface area contributed by atoms with Crippen molar-refractivity contribution in [3.05, 3.63) is 34.9 Å². The van der Waals surface area contributed by atoms with Gasteiger partial charge in [-0.15, -0.1) is 0 Å². The van der Waals surface area contributed by atoms with Gasteiger partial charge < -0.3 is 30.3 Å².